The highest BCUT2D eigenvalue weighted by Crippen LogP contribution is 2.31. The first-order chi connectivity index (χ1) is 12.8. The van der Waals surface area contributed by atoms with Crippen LogP contribution in [-0.2, 0) is 9.59 Å². The van der Waals surface area contributed by atoms with Crippen LogP contribution in [0.15, 0.2) is 47.5 Å². The van der Waals surface area contributed by atoms with Crippen LogP contribution in [0.3, 0.4) is 0 Å². The van der Waals surface area contributed by atoms with Crippen molar-refractivity contribution in [1.29, 1.82) is 0 Å². The van der Waals surface area contributed by atoms with Gasteiger partial charge < -0.3 is 5.32 Å². The van der Waals surface area contributed by atoms with Crippen LogP contribution in [0.5, 0.6) is 0 Å². The van der Waals surface area contributed by atoms with Gasteiger partial charge in [0.1, 0.15) is 5.25 Å². The highest BCUT2D eigenvalue weighted by Gasteiger charge is 2.37. The van der Waals surface area contributed by atoms with Crippen molar-refractivity contribution in [2.75, 3.05) is 12.4 Å². The molecule has 140 valence electrons. The molecule has 0 spiro atoms. The predicted molar refractivity (Wildman–Crippen MR) is 112 cm³/mol. The van der Waals surface area contributed by atoms with Crippen LogP contribution in [0.4, 0.5) is 11.4 Å². The maximum Gasteiger partial charge on any atom is 0.242 e. The Kier molecular flexibility index (Phi) is 5.87. The lowest BCUT2D eigenvalue weighted by atomic mass is 10.1. The summed E-state index contributed by atoms with van der Waals surface area (Å²) in [5, 5.41) is 3.43. The quantitative estimate of drug-likeness (QED) is 0.817. The van der Waals surface area contributed by atoms with Crippen LogP contribution in [0.2, 0.25) is 5.02 Å². The van der Waals surface area contributed by atoms with Crippen molar-refractivity contribution in [1.82, 2.24) is 4.90 Å². The average molecular weight is 402 g/mol. The maximum atomic E-state index is 12.5. The fourth-order valence-electron chi connectivity index (χ4n) is 2.65. The van der Waals surface area contributed by atoms with Crippen LogP contribution < -0.4 is 5.32 Å². The SMILES string of the molecule is Cc1ccc(N=C2S[C@@H](CC(=O)Nc3cccc(Cl)c3)C(=O)N2C)cc1C. The number of hydrogen-bond donors (Lipinski definition) is 1. The second kappa shape index (κ2) is 8.15. The molecule has 2 aromatic rings. The molecule has 1 heterocycles. The molecule has 1 aliphatic rings. The lowest BCUT2D eigenvalue weighted by molar-refractivity contribution is -0.127. The second-order valence-electron chi connectivity index (χ2n) is 6.43. The molecular formula is C20H20ClN3O2S. The molecule has 0 aliphatic carbocycles. The summed E-state index contributed by atoms with van der Waals surface area (Å²) in [6, 6.07) is 12.8. The van der Waals surface area contributed by atoms with Gasteiger partial charge in [-0.25, -0.2) is 4.99 Å². The normalized spacial score (nSPS) is 18.2. The van der Waals surface area contributed by atoms with Crippen molar-refractivity contribution in [3.8, 4) is 0 Å². The van der Waals surface area contributed by atoms with Gasteiger partial charge in [0.15, 0.2) is 5.17 Å². The van der Waals surface area contributed by atoms with Gasteiger partial charge in [-0.1, -0.05) is 35.5 Å². The summed E-state index contributed by atoms with van der Waals surface area (Å²) in [4.78, 5) is 30.9. The zero-order valence-corrected chi connectivity index (χ0v) is 16.9. The van der Waals surface area contributed by atoms with Crippen LogP contribution >= 0.6 is 23.4 Å². The number of aliphatic imine (C=N–C) groups is 1. The summed E-state index contributed by atoms with van der Waals surface area (Å²) in [5.41, 5.74) is 3.74. The van der Waals surface area contributed by atoms with Gasteiger partial charge >= 0.3 is 0 Å². The third-order valence-electron chi connectivity index (χ3n) is 4.34. The number of thioether (sulfide) groups is 1. The Morgan fingerprint density at radius 2 is 2.00 bits per heavy atom. The summed E-state index contributed by atoms with van der Waals surface area (Å²) in [6.45, 7) is 4.07. The number of halogens is 1. The molecule has 1 atom stereocenters. The van der Waals surface area contributed by atoms with Crippen molar-refractivity contribution >= 4 is 51.7 Å². The highest BCUT2D eigenvalue weighted by molar-refractivity contribution is 8.15. The summed E-state index contributed by atoms with van der Waals surface area (Å²) in [7, 11) is 1.68. The molecule has 1 fully saturated rings. The van der Waals surface area contributed by atoms with E-state index in [4.69, 9.17) is 11.6 Å². The Morgan fingerprint density at radius 3 is 2.70 bits per heavy atom. The lowest BCUT2D eigenvalue weighted by Crippen LogP contribution is -2.30. The largest absolute Gasteiger partial charge is 0.326 e. The molecule has 2 amide bonds. The number of hydrogen-bond acceptors (Lipinski definition) is 4. The van der Waals surface area contributed by atoms with Crippen LogP contribution in [0.1, 0.15) is 17.5 Å². The molecule has 3 rings (SSSR count). The first-order valence-corrected chi connectivity index (χ1v) is 9.75. The average Bonchev–Trinajstić information content (AvgIpc) is 2.86. The monoisotopic (exact) mass is 401 g/mol. The molecule has 0 unspecified atom stereocenters. The summed E-state index contributed by atoms with van der Waals surface area (Å²) in [5.74, 6) is -0.354. The Labute approximate surface area is 167 Å². The number of amides is 2. The molecule has 1 saturated heterocycles. The van der Waals surface area contributed by atoms with E-state index < -0.39 is 5.25 Å². The molecule has 1 aliphatic heterocycles. The number of amidine groups is 1. The number of anilines is 1. The van der Waals surface area contributed by atoms with Gasteiger partial charge in [-0.3, -0.25) is 14.5 Å². The minimum absolute atomic E-state index is 0.0757. The Bertz CT molecular complexity index is 929. The maximum absolute atomic E-state index is 12.5. The van der Waals surface area contributed by atoms with E-state index in [0.717, 1.165) is 11.3 Å². The number of benzene rings is 2. The molecular weight excluding hydrogens is 382 g/mol. The number of nitrogens with zero attached hydrogens (tertiary/aromatic N) is 2. The Hall–Kier alpha value is -2.31. The molecule has 0 bridgehead atoms. The van der Waals surface area contributed by atoms with Gasteiger partial charge in [-0.2, -0.15) is 0 Å². The van der Waals surface area contributed by atoms with Gasteiger partial charge in [0, 0.05) is 24.2 Å². The van der Waals surface area contributed by atoms with E-state index in [1.165, 1.54) is 22.2 Å². The standard InChI is InChI=1S/C20H20ClN3O2S/c1-12-7-8-16(9-13(12)2)23-20-24(3)19(26)17(27-20)11-18(25)22-15-6-4-5-14(21)10-15/h4-10,17H,11H2,1-3H3,(H,22,25)/t17-/m0/s1. The lowest BCUT2D eigenvalue weighted by Gasteiger charge is -2.09. The van der Waals surface area contributed by atoms with Gasteiger partial charge in [0.2, 0.25) is 11.8 Å². The molecule has 27 heavy (non-hydrogen) atoms. The molecule has 5 nitrogen and oxygen atoms in total. The predicted octanol–water partition coefficient (Wildman–Crippen LogP) is 4.55. The molecule has 0 saturated carbocycles. The van der Waals surface area contributed by atoms with Gasteiger partial charge in [0.25, 0.3) is 0 Å². The number of carbonyl (C=O) groups is 2. The van der Waals surface area contributed by atoms with E-state index in [0.29, 0.717) is 15.9 Å². The van der Waals surface area contributed by atoms with Crippen molar-refractivity contribution in [2.45, 2.75) is 25.5 Å². The summed E-state index contributed by atoms with van der Waals surface area (Å²) >= 11 is 7.24. The second-order valence-corrected chi connectivity index (χ2v) is 8.04. The number of carbonyl (C=O) groups excluding carboxylic acids is 2. The third kappa shape index (κ3) is 4.70. The number of aryl methyl sites for hydroxylation is 2. The molecule has 7 heteroatoms. The highest BCUT2D eigenvalue weighted by atomic mass is 35.5. The van der Waals surface area contributed by atoms with Crippen molar-refractivity contribution in [3.05, 3.63) is 58.6 Å². The minimum atomic E-state index is -0.487. The molecule has 0 radical (unpaired) electrons. The van der Waals surface area contributed by atoms with E-state index in [1.807, 2.05) is 32.0 Å². The van der Waals surface area contributed by atoms with Gasteiger partial charge in [0.05, 0.1) is 5.69 Å². The van der Waals surface area contributed by atoms with Crippen molar-refractivity contribution in [2.24, 2.45) is 4.99 Å². The summed E-state index contributed by atoms with van der Waals surface area (Å²) < 4.78 is 0. The van der Waals surface area contributed by atoms with E-state index in [9.17, 15) is 9.59 Å². The number of nitrogens with one attached hydrogen (secondary N) is 1. The zero-order valence-electron chi connectivity index (χ0n) is 15.3. The zero-order chi connectivity index (χ0) is 19.6. The fraction of sp³-hybridized carbons (Fsp3) is 0.250. The number of rotatable bonds is 4. The Balaban J connectivity index is 1.69. The van der Waals surface area contributed by atoms with E-state index in [-0.39, 0.29) is 18.2 Å². The Morgan fingerprint density at radius 1 is 1.22 bits per heavy atom. The van der Waals surface area contributed by atoms with E-state index in [2.05, 4.69) is 10.3 Å². The first-order valence-electron chi connectivity index (χ1n) is 8.49. The minimum Gasteiger partial charge on any atom is -0.326 e. The van der Waals surface area contributed by atoms with Crippen LogP contribution in [-0.4, -0.2) is 34.2 Å². The first kappa shape index (κ1) is 19.5. The smallest absolute Gasteiger partial charge is 0.242 e. The molecule has 0 aromatic heterocycles. The van der Waals surface area contributed by atoms with Crippen LogP contribution in [0, 0.1) is 13.8 Å². The van der Waals surface area contributed by atoms with Gasteiger partial charge in [-0.05, 0) is 55.3 Å². The van der Waals surface area contributed by atoms with E-state index in [1.54, 1.807) is 31.3 Å². The third-order valence-corrected chi connectivity index (χ3v) is 5.80. The fourth-order valence-corrected chi connectivity index (χ4v) is 3.99. The topological polar surface area (TPSA) is 61.8 Å². The molecule has 2 aromatic carbocycles. The summed E-state index contributed by atoms with van der Waals surface area (Å²) in [6.07, 6.45) is 0.0757. The van der Waals surface area contributed by atoms with Gasteiger partial charge in [-0.15, -0.1) is 0 Å². The van der Waals surface area contributed by atoms with Crippen molar-refractivity contribution < 1.29 is 9.59 Å². The van der Waals surface area contributed by atoms with E-state index >= 15 is 0 Å². The van der Waals surface area contributed by atoms with Crippen LogP contribution in [0.25, 0.3) is 0 Å². The molecule has 1 N–H and O–H groups in total. The van der Waals surface area contributed by atoms with Crippen molar-refractivity contribution in [3.63, 3.8) is 0 Å².